The first kappa shape index (κ1) is 10.4. The highest BCUT2D eigenvalue weighted by molar-refractivity contribution is 7.17. The number of hydrogen-bond acceptors (Lipinski definition) is 2. The third-order valence-electron chi connectivity index (χ3n) is 2.54. The monoisotopic (exact) mass is 218 g/mol. The smallest absolute Gasteiger partial charge is 0.129 e. The Morgan fingerprint density at radius 2 is 2.13 bits per heavy atom. The van der Waals surface area contributed by atoms with Crippen molar-refractivity contribution in [2.24, 2.45) is 0 Å². The molecule has 0 fully saturated rings. The van der Waals surface area contributed by atoms with Gasteiger partial charge >= 0.3 is 0 Å². The van der Waals surface area contributed by atoms with Gasteiger partial charge in [-0.15, -0.1) is 11.3 Å². The molecule has 0 unspecified atom stereocenters. The van der Waals surface area contributed by atoms with Gasteiger partial charge in [0, 0.05) is 11.1 Å². The molecule has 0 N–H and O–H groups in total. The molecule has 0 atom stereocenters. The van der Waals surface area contributed by atoms with Crippen molar-refractivity contribution in [3.05, 3.63) is 35.2 Å². The number of hydrogen-bond donors (Lipinski definition) is 0. The number of ketones is 1. The highest BCUT2D eigenvalue weighted by Gasteiger charge is 2.03. The molecule has 0 aliphatic rings. The summed E-state index contributed by atoms with van der Waals surface area (Å²) < 4.78 is 1.34. The fourth-order valence-corrected chi connectivity index (χ4v) is 2.75. The van der Waals surface area contributed by atoms with Crippen molar-refractivity contribution in [1.82, 2.24) is 0 Å². The summed E-state index contributed by atoms with van der Waals surface area (Å²) in [4.78, 5) is 10.8. The van der Waals surface area contributed by atoms with Crippen molar-refractivity contribution in [2.75, 3.05) is 0 Å². The van der Waals surface area contributed by atoms with E-state index >= 15 is 0 Å². The maximum atomic E-state index is 10.8. The third-order valence-corrected chi connectivity index (χ3v) is 3.55. The average Bonchev–Trinajstić information content (AvgIpc) is 2.62. The SMILES string of the molecule is CC(=O)CCCc1csc2ccccc12. The van der Waals surface area contributed by atoms with Crippen LogP contribution < -0.4 is 0 Å². The number of benzene rings is 1. The van der Waals surface area contributed by atoms with Gasteiger partial charge in [0.1, 0.15) is 5.78 Å². The fraction of sp³-hybridized carbons (Fsp3) is 0.308. The summed E-state index contributed by atoms with van der Waals surface area (Å²) in [6.07, 6.45) is 2.68. The van der Waals surface area contributed by atoms with Crippen LogP contribution in [0.2, 0.25) is 0 Å². The summed E-state index contributed by atoms with van der Waals surface area (Å²) in [7, 11) is 0. The Balaban J connectivity index is 2.11. The van der Waals surface area contributed by atoms with Gasteiger partial charge in [0.25, 0.3) is 0 Å². The van der Waals surface area contributed by atoms with Gasteiger partial charge in [-0.2, -0.15) is 0 Å². The first-order valence-electron chi connectivity index (χ1n) is 5.22. The lowest BCUT2D eigenvalue weighted by atomic mass is 10.1. The van der Waals surface area contributed by atoms with Gasteiger partial charge < -0.3 is 4.79 Å². The second-order valence-corrected chi connectivity index (χ2v) is 4.72. The lowest BCUT2D eigenvalue weighted by Crippen LogP contribution is -1.91. The average molecular weight is 218 g/mol. The molecular weight excluding hydrogens is 204 g/mol. The van der Waals surface area contributed by atoms with E-state index in [1.807, 2.05) is 0 Å². The molecule has 0 aliphatic heterocycles. The lowest BCUT2D eigenvalue weighted by Gasteiger charge is -1.97. The molecule has 2 heteroatoms. The minimum Gasteiger partial charge on any atom is -0.300 e. The molecule has 0 radical (unpaired) electrons. The van der Waals surface area contributed by atoms with Crippen LogP contribution in [-0.4, -0.2) is 5.78 Å². The minimum absolute atomic E-state index is 0.287. The zero-order chi connectivity index (χ0) is 10.7. The van der Waals surface area contributed by atoms with Crippen LogP contribution in [0.5, 0.6) is 0 Å². The lowest BCUT2D eigenvalue weighted by molar-refractivity contribution is -0.117. The summed E-state index contributed by atoms with van der Waals surface area (Å²) >= 11 is 1.79. The molecule has 0 saturated carbocycles. The summed E-state index contributed by atoms with van der Waals surface area (Å²) in [5, 5.41) is 3.57. The van der Waals surface area contributed by atoms with Gasteiger partial charge in [-0.3, -0.25) is 0 Å². The van der Waals surface area contributed by atoms with Gasteiger partial charge in [0.05, 0.1) is 0 Å². The topological polar surface area (TPSA) is 17.1 Å². The van der Waals surface area contributed by atoms with Gasteiger partial charge in [-0.1, -0.05) is 18.2 Å². The van der Waals surface area contributed by atoms with Gasteiger partial charge in [0.2, 0.25) is 0 Å². The fourth-order valence-electron chi connectivity index (χ4n) is 1.75. The first-order valence-corrected chi connectivity index (χ1v) is 6.10. The molecule has 0 saturated heterocycles. The van der Waals surface area contributed by atoms with E-state index < -0.39 is 0 Å². The number of Topliss-reactive ketones (excluding diaryl/α,β-unsaturated/α-hetero) is 1. The van der Waals surface area contributed by atoms with E-state index in [0.29, 0.717) is 6.42 Å². The molecule has 1 aromatic carbocycles. The van der Waals surface area contributed by atoms with Crippen molar-refractivity contribution in [1.29, 1.82) is 0 Å². The summed E-state index contributed by atoms with van der Waals surface area (Å²) in [5.74, 6) is 0.287. The van der Waals surface area contributed by atoms with E-state index in [-0.39, 0.29) is 5.78 Å². The first-order chi connectivity index (χ1) is 7.27. The molecule has 2 rings (SSSR count). The Kier molecular flexibility index (Phi) is 3.17. The third kappa shape index (κ3) is 2.45. The highest BCUT2D eigenvalue weighted by Crippen LogP contribution is 2.26. The molecule has 15 heavy (non-hydrogen) atoms. The van der Waals surface area contributed by atoms with E-state index in [1.54, 1.807) is 18.3 Å². The van der Waals surface area contributed by atoms with Crippen LogP contribution >= 0.6 is 11.3 Å². The molecule has 0 amide bonds. The van der Waals surface area contributed by atoms with Crippen LogP contribution in [0.4, 0.5) is 0 Å². The van der Waals surface area contributed by atoms with Crippen LogP contribution in [0.15, 0.2) is 29.6 Å². The van der Waals surface area contributed by atoms with Gasteiger partial charge in [-0.05, 0) is 42.2 Å². The molecule has 1 heterocycles. The Hall–Kier alpha value is -1.15. The quantitative estimate of drug-likeness (QED) is 0.762. The number of carbonyl (C=O) groups is 1. The molecule has 0 aliphatic carbocycles. The van der Waals surface area contributed by atoms with Crippen molar-refractivity contribution >= 4 is 27.2 Å². The maximum Gasteiger partial charge on any atom is 0.129 e. The van der Waals surface area contributed by atoms with Crippen molar-refractivity contribution in [3.63, 3.8) is 0 Å². The summed E-state index contributed by atoms with van der Waals surface area (Å²) in [6.45, 7) is 1.66. The van der Waals surface area contributed by atoms with E-state index in [9.17, 15) is 4.79 Å². The minimum atomic E-state index is 0.287. The van der Waals surface area contributed by atoms with Crippen LogP contribution in [0.1, 0.15) is 25.3 Å². The number of carbonyl (C=O) groups excluding carboxylic acids is 1. The standard InChI is InChI=1S/C13H14OS/c1-10(14)5-4-6-11-9-15-13-8-3-2-7-12(11)13/h2-3,7-9H,4-6H2,1H3. The largest absolute Gasteiger partial charge is 0.300 e. The predicted molar refractivity (Wildman–Crippen MR) is 65.4 cm³/mol. The van der Waals surface area contributed by atoms with Crippen molar-refractivity contribution in [3.8, 4) is 0 Å². The van der Waals surface area contributed by atoms with Crippen molar-refractivity contribution < 1.29 is 4.79 Å². The molecule has 1 nitrogen and oxygen atoms in total. The van der Waals surface area contributed by atoms with Crippen LogP contribution in [0, 0.1) is 0 Å². The number of rotatable bonds is 4. The number of fused-ring (bicyclic) bond motifs is 1. The van der Waals surface area contributed by atoms with Gasteiger partial charge in [-0.25, -0.2) is 0 Å². The highest BCUT2D eigenvalue weighted by atomic mass is 32.1. The van der Waals surface area contributed by atoms with E-state index in [0.717, 1.165) is 12.8 Å². The Morgan fingerprint density at radius 1 is 1.33 bits per heavy atom. The Labute approximate surface area is 93.7 Å². The summed E-state index contributed by atoms with van der Waals surface area (Å²) in [6, 6.07) is 8.45. The molecule has 1 aromatic heterocycles. The summed E-state index contributed by atoms with van der Waals surface area (Å²) in [5.41, 5.74) is 1.39. The Bertz CT molecular complexity index is 470. The second kappa shape index (κ2) is 4.58. The van der Waals surface area contributed by atoms with E-state index in [2.05, 4.69) is 29.6 Å². The van der Waals surface area contributed by atoms with Gasteiger partial charge in [0.15, 0.2) is 0 Å². The molecule has 0 spiro atoms. The zero-order valence-corrected chi connectivity index (χ0v) is 9.64. The normalized spacial score (nSPS) is 10.7. The zero-order valence-electron chi connectivity index (χ0n) is 8.82. The van der Waals surface area contributed by atoms with E-state index in [4.69, 9.17) is 0 Å². The van der Waals surface area contributed by atoms with Crippen LogP contribution in [-0.2, 0) is 11.2 Å². The van der Waals surface area contributed by atoms with Crippen LogP contribution in [0.25, 0.3) is 10.1 Å². The van der Waals surface area contributed by atoms with Crippen LogP contribution in [0.3, 0.4) is 0 Å². The molecule has 2 aromatic rings. The maximum absolute atomic E-state index is 10.8. The predicted octanol–water partition coefficient (Wildman–Crippen LogP) is 3.81. The number of thiophene rings is 1. The number of aryl methyl sites for hydroxylation is 1. The molecule has 0 bridgehead atoms. The second-order valence-electron chi connectivity index (χ2n) is 3.81. The molecule has 78 valence electrons. The van der Waals surface area contributed by atoms with Crippen molar-refractivity contribution in [2.45, 2.75) is 26.2 Å². The molecular formula is C13H14OS. The van der Waals surface area contributed by atoms with E-state index in [1.165, 1.54) is 15.6 Å². The Morgan fingerprint density at radius 3 is 2.93 bits per heavy atom.